The highest BCUT2D eigenvalue weighted by Gasteiger charge is 2.18. The fraction of sp³-hybridized carbons (Fsp3) is 0.136. The lowest BCUT2D eigenvalue weighted by Gasteiger charge is -2.14. The van der Waals surface area contributed by atoms with Crippen molar-refractivity contribution in [1.82, 2.24) is 4.31 Å². The standard InChI is InChI=1S/C22H23N3O4S/c1-25(2)30(27,28)19-14-8-16(9-15-19)22(26)24-21-7-5-4-6-20(21)23-17-10-12-18(29-3)13-11-17/h4-15,23H,1-3H3,(H,24,26). The van der Waals surface area contributed by atoms with Crippen LogP contribution in [0.5, 0.6) is 5.75 Å². The average Bonchev–Trinajstić information content (AvgIpc) is 2.75. The summed E-state index contributed by atoms with van der Waals surface area (Å²) >= 11 is 0. The topological polar surface area (TPSA) is 87.7 Å². The van der Waals surface area contributed by atoms with Gasteiger partial charge in [-0.3, -0.25) is 4.79 Å². The fourth-order valence-corrected chi connectivity index (χ4v) is 3.62. The second kappa shape index (κ2) is 8.98. The van der Waals surface area contributed by atoms with Gasteiger partial charge >= 0.3 is 0 Å². The monoisotopic (exact) mass is 425 g/mol. The number of anilines is 3. The summed E-state index contributed by atoms with van der Waals surface area (Å²) in [6, 6.07) is 20.6. The van der Waals surface area contributed by atoms with Gasteiger partial charge in [0.05, 0.1) is 23.4 Å². The molecular formula is C22H23N3O4S. The average molecular weight is 426 g/mol. The molecule has 3 aromatic carbocycles. The Balaban J connectivity index is 1.77. The maximum Gasteiger partial charge on any atom is 0.255 e. The molecule has 0 unspecified atom stereocenters. The van der Waals surface area contributed by atoms with Gasteiger partial charge in [0.25, 0.3) is 5.91 Å². The Labute approximate surface area is 176 Å². The van der Waals surface area contributed by atoms with Gasteiger partial charge < -0.3 is 15.4 Å². The van der Waals surface area contributed by atoms with Crippen LogP contribution in [-0.4, -0.2) is 39.8 Å². The zero-order valence-corrected chi connectivity index (χ0v) is 17.7. The summed E-state index contributed by atoms with van der Waals surface area (Å²) in [5.41, 5.74) is 2.52. The van der Waals surface area contributed by atoms with E-state index in [1.165, 1.54) is 38.4 Å². The van der Waals surface area contributed by atoms with Crippen LogP contribution in [0.25, 0.3) is 0 Å². The molecule has 0 fully saturated rings. The number of carbonyl (C=O) groups excluding carboxylic acids is 1. The molecular weight excluding hydrogens is 402 g/mol. The van der Waals surface area contributed by atoms with Gasteiger partial charge in [0, 0.05) is 25.3 Å². The van der Waals surface area contributed by atoms with Gasteiger partial charge in [0.15, 0.2) is 0 Å². The summed E-state index contributed by atoms with van der Waals surface area (Å²) < 4.78 is 30.6. The van der Waals surface area contributed by atoms with Crippen LogP contribution in [0.2, 0.25) is 0 Å². The van der Waals surface area contributed by atoms with E-state index in [0.29, 0.717) is 11.3 Å². The first-order valence-corrected chi connectivity index (χ1v) is 10.6. The molecule has 0 aliphatic heterocycles. The van der Waals surface area contributed by atoms with Gasteiger partial charge in [-0.2, -0.15) is 0 Å². The lowest BCUT2D eigenvalue weighted by Crippen LogP contribution is -2.22. The van der Waals surface area contributed by atoms with E-state index in [9.17, 15) is 13.2 Å². The summed E-state index contributed by atoms with van der Waals surface area (Å²) in [4.78, 5) is 12.8. The number of amides is 1. The lowest BCUT2D eigenvalue weighted by atomic mass is 10.2. The highest BCUT2D eigenvalue weighted by molar-refractivity contribution is 7.89. The first kappa shape index (κ1) is 21.4. The third-order valence-corrected chi connectivity index (χ3v) is 6.27. The molecule has 7 nitrogen and oxygen atoms in total. The minimum atomic E-state index is -3.54. The molecule has 0 atom stereocenters. The van der Waals surface area contributed by atoms with E-state index in [1.54, 1.807) is 13.2 Å². The zero-order chi connectivity index (χ0) is 21.7. The van der Waals surface area contributed by atoms with Crippen molar-refractivity contribution in [3.05, 3.63) is 78.4 Å². The normalized spacial score (nSPS) is 11.2. The molecule has 0 heterocycles. The van der Waals surface area contributed by atoms with Gasteiger partial charge in [-0.05, 0) is 60.7 Å². The van der Waals surface area contributed by atoms with Crippen molar-refractivity contribution in [3.8, 4) is 5.75 Å². The molecule has 30 heavy (non-hydrogen) atoms. The van der Waals surface area contributed by atoms with Crippen molar-refractivity contribution in [2.75, 3.05) is 31.8 Å². The number of carbonyl (C=O) groups is 1. The molecule has 0 bridgehead atoms. The van der Waals surface area contributed by atoms with E-state index in [-0.39, 0.29) is 10.8 Å². The van der Waals surface area contributed by atoms with E-state index in [1.807, 2.05) is 42.5 Å². The Morgan fingerprint density at radius 3 is 2.03 bits per heavy atom. The minimum absolute atomic E-state index is 0.130. The SMILES string of the molecule is COc1ccc(Nc2ccccc2NC(=O)c2ccc(S(=O)(=O)N(C)C)cc2)cc1. The minimum Gasteiger partial charge on any atom is -0.497 e. The van der Waals surface area contributed by atoms with Gasteiger partial charge in [-0.15, -0.1) is 0 Å². The summed E-state index contributed by atoms with van der Waals surface area (Å²) in [5, 5.41) is 6.13. The summed E-state index contributed by atoms with van der Waals surface area (Å²) in [5.74, 6) is 0.412. The molecule has 0 aromatic heterocycles. The molecule has 3 rings (SSSR count). The van der Waals surface area contributed by atoms with Crippen molar-refractivity contribution in [3.63, 3.8) is 0 Å². The second-order valence-corrected chi connectivity index (χ2v) is 8.82. The second-order valence-electron chi connectivity index (χ2n) is 6.67. The number of benzene rings is 3. The number of hydrogen-bond donors (Lipinski definition) is 2. The van der Waals surface area contributed by atoms with Crippen LogP contribution >= 0.6 is 0 Å². The number of methoxy groups -OCH3 is 1. The third-order valence-electron chi connectivity index (χ3n) is 4.44. The largest absolute Gasteiger partial charge is 0.497 e. The zero-order valence-electron chi connectivity index (χ0n) is 16.9. The van der Waals surface area contributed by atoms with E-state index in [0.717, 1.165) is 21.4 Å². The van der Waals surface area contributed by atoms with E-state index in [4.69, 9.17) is 4.74 Å². The third kappa shape index (κ3) is 4.79. The number of sulfonamides is 1. The Kier molecular flexibility index (Phi) is 6.39. The molecule has 0 saturated heterocycles. The van der Waals surface area contributed by atoms with Gasteiger partial charge in [0.1, 0.15) is 5.75 Å². The lowest BCUT2D eigenvalue weighted by molar-refractivity contribution is 0.102. The predicted molar refractivity (Wildman–Crippen MR) is 118 cm³/mol. The predicted octanol–water partition coefficient (Wildman–Crippen LogP) is 3.94. The molecule has 3 aromatic rings. The number of rotatable bonds is 7. The van der Waals surface area contributed by atoms with Crippen molar-refractivity contribution in [2.24, 2.45) is 0 Å². The Hall–Kier alpha value is -3.36. The summed E-state index contributed by atoms with van der Waals surface area (Å²) in [7, 11) is 0.987. The molecule has 2 N–H and O–H groups in total. The van der Waals surface area contributed by atoms with Crippen LogP contribution < -0.4 is 15.4 Å². The highest BCUT2D eigenvalue weighted by Crippen LogP contribution is 2.27. The van der Waals surface area contributed by atoms with Gasteiger partial charge in [-0.25, -0.2) is 12.7 Å². The Morgan fingerprint density at radius 1 is 0.867 bits per heavy atom. The molecule has 156 valence electrons. The van der Waals surface area contributed by atoms with E-state index in [2.05, 4.69) is 10.6 Å². The molecule has 0 radical (unpaired) electrons. The van der Waals surface area contributed by atoms with Crippen LogP contribution in [0.4, 0.5) is 17.1 Å². The summed E-state index contributed by atoms with van der Waals surface area (Å²) in [6.07, 6.45) is 0. The maximum absolute atomic E-state index is 12.7. The molecule has 0 aliphatic carbocycles. The highest BCUT2D eigenvalue weighted by atomic mass is 32.2. The van der Waals surface area contributed by atoms with Crippen LogP contribution in [0, 0.1) is 0 Å². The molecule has 1 amide bonds. The number of ether oxygens (including phenoxy) is 1. The quantitative estimate of drug-likeness (QED) is 0.599. The van der Waals surface area contributed by atoms with E-state index >= 15 is 0 Å². The Bertz CT molecular complexity index is 1130. The first-order chi connectivity index (χ1) is 14.3. The van der Waals surface area contributed by atoms with Gasteiger partial charge in [0.2, 0.25) is 10.0 Å². The molecule has 0 spiro atoms. The number of para-hydroxylation sites is 2. The van der Waals surface area contributed by atoms with Crippen molar-refractivity contribution in [1.29, 1.82) is 0 Å². The smallest absolute Gasteiger partial charge is 0.255 e. The number of hydrogen-bond acceptors (Lipinski definition) is 5. The van der Waals surface area contributed by atoms with Crippen LogP contribution in [0.15, 0.2) is 77.7 Å². The summed E-state index contributed by atoms with van der Waals surface area (Å²) in [6.45, 7) is 0. The van der Waals surface area contributed by atoms with Crippen molar-refractivity contribution < 1.29 is 17.9 Å². The Morgan fingerprint density at radius 2 is 1.47 bits per heavy atom. The van der Waals surface area contributed by atoms with Crippen molar-refractivity contribution >= 4 is 33.0 Å². The first-order valence-electron chi connectivity index (χ1n) is 9.15. The van der Waals surface area contributed by atoms with E-state index < -0.39 is 10.0 Å². The molecule has 0 aliphatic rings. The molecule has 0 saturated carbocycles. The number of nitrogens with zero attached hydrogens (tertiary/aromatic N) is 1. The fourth-order valence-electron chi connectivity index (χ4n) is 2.71. The van der Waals surface area contributed by atoms with Crippen LogP contribution in [-0.2, 0) is 10.0 Å². The molecule has 8 heteroatoms. The number of nitrogens with one attached hydrogen (secondary N) is 2. The maximum atomic E-state index is 12.7. The van der Waals surface area contributed by atoms with Crippen LogP contribution in [0.3, 0.4) is 0 Å². The van der Waals surface area contributed by atoms with Crippen molar-refractivity contribution in [2.45, 2.75) is 4.90 Å². The van der Waals surface area contributed by atoms with Crippen LogP contribution in [0.1, 0.15) is 10.4 Å². The van der Waals surface area contributed by atoms with Gasteiger partial charge in [-0.1, -0.05) is 12.1 Å².